The molecule has 0 bridgehead atoms. The number of carbonyl (C=O) groups excluding carboxylic acids is 3. The fraction of sp³-hybridized carbons (Fsp3) is 0.346. The number of para-hydroxylation sites is 1. The fourth-order valence-electron chi connectivity index (χ4n) is 4.62. The van der Waals surface area contributed by atoms with Gasteiger partial charge in [-0.05, 0) is 50.5 Å². The summed E-state index contributed by atoms with van der Waals surface area (Å²) in [5, 5.41) is 3.23. The summed E-state index contributed by atoms with van der Waals surface area (Å²) in [6.07, 6.45) is 1.75. The zero-order valence-corrected chi connectivity index (χ0v) is 19.7. The molecule has 1 aliphatic carbocycles. The number of aromatic nitrogens is 2. The number of carbonyl (C=O) groups is 3. The van der Waals surface area contributed by atoms with Crippen molar-refractivity contribution in [3.05, 3.63) is 75.8 Å². The Balaban J connectivity index is 1.30. The van der Waals surface area contributed by atoms with Gasteiger partial charge in [-0.2, -0.15) is 0 Å². The molecule has 0 spiro atoms. The van der Waals surface area contributed by atoms with E-state index in [1.807, 2.05) is 19.9 Å². The van der Waals surface area contributed by atoms with Crippen LogP contribution < -0.4 is 10.9 Å². The van der Waals surface area contributed by atoms with E-state index in [1.54, 1.807) is 52.3 Å². The van der Waals surface area contributed by atoms with Crippen LogP contribution >= 0.6 is 0 Å². The number of nitrogens with zero attached hydrogens (tertiary/aromatic N) is 3. The molecule has 3 amide bonds. The zero-order valence-electron chi connectivity index (χ0n) is 19.7. The highest BCUT2D eigenvalue weighted by Gasteiger charge is 2.47. The maximum Gasteiger partial charge on any atom is 0.258 e. The summed E-state index contributed by atoms with van der Waals surface area (Å²) in [6, 6.07) is 13.3. The van der Waals surface area contributed by atoms with Crippen LogP contribution in [0.1, 0.15) is 54.5 Å². The number of hydrogen-bond acceptors (Lipinski definition) is 5. The van der Waals surface area contributed by atoms with Gasteiger partial charge in [-0.1, -0.05) is 30.3 Å². The normalized spacial score (nSPS) is 17.1. The molecule has 1 atom stereocenters. The smallest absolute Gasteiger partial charge is 0.258 e. The number of aromatic amines is 1. The van der Waals surface area contributed by atoms with Crippen LogP contribution in [0, 0.1) is 0 Å². The molecule has 35 heavy (non-hydrogen) atoms. The van der Waals surface area contributed by atoms with E-state index in [2.05, 4.69) is 15.3 Å². The lowest BCUT2D eigenvalue weighted by Gasteiger charge is -2.28. The maximum atomic E-state index is 13.2. The van der Waals surface area contributed by atoms with Gasteiger partial charge in [-0.3, -0.25) is 19.2 Å². The van der Waals surface area contributed by atoms with Gasteiger partial charge in [0, 0.05) is 17.6 Å². The van der Waals surface area contributed by atoms with Crippen molar-refractivity contribution in [3.8, 4) is 0 Å². The number of H-pyrrole nitrogens is 1. The number of amides is 3. The molecular formula is C26H27N5O4. The van der Waals surface area contributed by atoms with Gasteiger partial charge in [-0.15, -0.1) is 0 Å². The van der Waals surface area contributed by atoms with E-state index in [1.165, 1.54) is 0 Å². The Kier molecular flexibility index (Phi) is 5.84. The van der Waals surface area contributed by atoms with Crippen LogP contribution in [0.15, 0.2) is 53.3 Å². The minimum atomic E-state index is -0.731. The Morgan fingerprint density at radius 2 is 1.83 bits per heavy atom. The zero-order chi connectivity index (χ0) is 24.7. The molecule has 1 unspecified atom stereocenters. The molecule has 180 valence electrons. The van der Waals surface area contributed by atoms with Crippen molar-refractivity contribution in [1.82, 2.24) is 25.1 Å². The van der Waals surface area contributed by atoms with Crippen LogP contribution in [0.4, 0.5) is 0 Å². The Bertz CT molecular complexity index is 1380. The molecule has 2 N–H and O–H groups in total. The third-order valence-electron chi connectivity index (χ3n) is 6.53. The molecule has 2 heterocycles. The van der Waals surface area contributed by atoms with E-state index in [0.29, 0.717) is 27.9 Å². The molecule has 5 rings (SSSR count). The van der Waals surface area contributed by atoms with Gasteiger partial charge >= 0.3 is 0 Å². The van der Waals surface area contributed by atoms with E-state index in [-0.39, 0.29) is 48.5 Å². The predicted molar refractivity (Wildman–Crippen MR) is 129 cm³/mol. The average molecular weight is 474 g/mol. The molecule has 1 aromatic heterocycles. The highest BCUT2D eigenvalue weighted by molar-refractivity contribution is 6.05. The van der Waals surface area contributed by atoms with E-state index >= 15 is 0 Å². The van der Waals surface area contributed by atoms with Crippen molar-refractivity contribution in [2.75, 3.05) is 6.54 Å². The van der Waals surface area contributed by atoms with E-state index in [9.17, 15) is 19.2 Å². The molecule has 2 aliphatic rings. The largest absolute Gasteiger partial charge is 0.345 e. The lowest BCUT2D eigenvalue weighted by atomic mass is 10.0. The highest BCUT2D eigenvalue weighted by atomic mass is 16.2. The number of fused-ring (bicyclic) bond motifs is 2. The van der Waals surface area contributed by atoms with Crippen molar-refractivity contribution in [1.29, 1.82) is 0 Å². The number of rotatable bonds is 7. The van der Waals surface area contributed by atoms with Gasteiger partial charge in [0.1, 0.15) is 11.9 Å². The quantitative estimate of drug-likeness (QED) is 0.546. The molecule has 0 saturated heterocycles. The standard InChI is InChI=1S/C26H27N5O4/c1-15(2)30(14-21-28-20-10-6-5-9-19(20)24(33)29-21)22(32)13-27-25(34)23-17-7-3-4-8-18(17)26(35)31(23)16-11-12-16/h3-10,15-16,23H,11-14H2,1-2H3,(H,27,34)(H,28,29,33). The highest BCUT2D eigenvalue weighted by Crippen LogP contribution is 2.41. The van der Waals surface area contributed by atoms with Gasteiger partial charge in [0.05, 0.1) is 24.0 Å². The van der Waals surface area contributed by atoms with Crippen LogP contribution in [0.2, 0.25) is 0 Å². The van der Waals surface area contributed by atoms with E-state index in [4.69, 9.17) is 0 Å². The van der Waals surface area contributed by atoms with Crippen molar-refractivity contribution < 1.29 is 14.4 Å². The fourth-order valence-corrected chi connectivity index (χ4v) is 4.62. The van der Waals surface area contributed by atoms with Crippen molar-refractivity contribution >= 4 is 28.6 Å². The summed E-state index contributed by atoms with van der Waals surface area (Å²) in [7, 11) is 0. The first-order valence-corrected chi connectivity index (χ1v) is 11.8. The van der Waals surface area contributed by atoms with Gasteiger partial charge in [0.2, 0.25) is 11.8 Å². The van der Waals surface area contributed by atoms with Crippen LogP contribution in [0.3, 0.4) is 0 Å². The van der Waals surface area contributed by atoms with Crippen LogP contribution in [0.5, 0.6) is 0 Å². The summed E-state index contributed by atoms with van der Waals surface area (Å²) in [5.74, 6) is -0.439. The number of benzene rings is 2. The monoisotopic (exact) mass is 473 g/mol. The second-order valence-electron chi connectivity index (χ2n) is 9.30. The second-order valence-corrected chi connectivity index (χ2v) is 9.30. The van der Waals surface area contributed by atoms with Crippen molar-refractivity contribution in [2.24, 2.45) is 0 Å². The number of hydrogen-bond donors (Lipinski definition) is 2. The molecule has 9 nitrogen and oxygen atoms in total. The Morgan fingerprint density at radius 3 is 2.57 bits per heavy atom. The third kappa shape index (κ3) is 4.29. The molecule has 0 radical (unpaired) electrons. The molecule has 3 aromatic rings. The van der Waals surface area contributed by atoms with Crippen molar-refractivity contribution in [3.63, 3.8) is 0 Å². The first-order valence-electron chi connectivity index (χ1n) is 11.8. The minimum Gasteiger partial charge on any atom is -0.345 e. The van der Waals surface area contributed by atoms with Crippen LogP contribution in [-0.4, -0.2) is 56.1 Å². The van der Waals surface area contributed by atoms with Gasteiger partial charge < -0.3 is 20.1 Å². The van der Waals surface area contributed by atoms with Crippen LogP contribution in [-0.2, 0) is 16.1 Å². The lowest BCUT2D eigenvalue weighted by Crippen LogP contribution is -2.46. The molecule has 1 saturated carbocycles. The summed E-state index contributed by atoms with van der Waals surface area (Å²) in [5.41, 5.74) is 1.51. The topological polar surface area (TPSA) is 115 Å². The van der Waals surface area contributed by atoms with Crippen LogP contribution in [0.25, 0.3) is 10.9 Å². The van der Waals surface area contributed by atoms with Gasteiger partial charge in [0.15, 0.2) is 0 Å². The summed E-state index contributed by atoms with van der Waals surface area (Å²) in [4.78, 5) is 62.1. The van der Waals surface area contributed by atoms with E-state index < -0.39 is 6.04 Å². The number of nitrogens with one attached hydrogen (secondary N) is 2. The van der Waals surface area contributed by atoms with Crippen molar-refractivity contribution in [2.45, 2.75) is 51.4 Å². The molecule has 2 aromatic carbocycles. The van der Waals surface area contributed by atoms with Gasteiger partial charge in [0.25, 0.3) is 11.5 Å². The maximum absolute atomic E-state index is 13.2. The SMILES string of the molecule is CC(C)N(Cc1nc2ccccc2c(=O)[nH]1)C(=O)CNC(=O)C1c2ccccc2C(=O)N1C1CC1. The molecule has 1 aliphatic heterocycles. The Morgan fingerprint density at radius 1 is 1.11 bits per heavy atom. The summed E-state index contributed by atoms with van der Waals surface area (Å²) < 4.78 is 0. The second kappa shape index (κ2) is 8.98. The minimum absolute atomic E-state index is 0.0596. The molecule has 9 heteroatoms. The average Bonchev–Trinajstić information content (AvgIpc) is 3.64. The molecule has 1 fully saturated rings. The Labute approximate surface area is 202 Å². The summed E-state index contributed by atoms with van der Waals surface area (Å²) in [6.45, 7) is 3.60. The third-order valence-corrected chi connectivity index (χ3v) is 6.53. The Hall–Kier alpha value is -4.01. The first kappa shape index (κ1) is 22.8. The lowest BCUT2D eigenvalue weighted by molar-refractivity contribution is -0.136. The first-order chi connectivity index (χ1) is 16.8. The predicted octanol–water partition coefficient (Wildman–Crippen LogP) is 2.14. The molecular weight excluding hydrogens is 446 g/mol. The van der Waals surface area contributed by atoms with E-state index in [0.717, 1.165) is 12.8 Å². The summed E-state index contributed by atoms with van der Waals surface area (Å²) >= 11 is 0. The van der Waals surface area contributed by atoms with Gasteiger partial charge in [-0.25, -0.2) is 4.98 Å².